The highest BCUT2D eigenvalue weighted by atomic mass is 32.1. The first-order valence-electron chi connectivity index (χ1n) is 7.57. The summed E-state index contributed by atoms with van der Waals surface area (Å²) in [5.41, 5.74) is 2.50. The highest BCUT2D eigenvalue weighted by Crippen LogP contribution is 2.34. The van der Waals surface area contributed by atoms with E-state index < -0.39 is 0 Å². The molecule has 0 bridgehead atoms. The number of nitrogens with zero attached hydrogens (tertiary/aromatic N) is 3. The van der Waals surface area contributed by atoms with Crippen molar-refractivity contribution in [1.82, 2.24) is 19.6 Å². The summed E-state index contributed by atoms with van der Waals surface area (Å²) in [6, 6.07) is 13.6. The highest BCUT2D eigenvalue weighted by molar-refractivity contribution is 7.71. The van der Waals surface area contributed by atoms with E-state index in [1.165, 1.54) is 0 Å². The first-order chi connectivity index (χ1) is 11.8. The van der Waals surface area contributed by atoms with E-state index in [0.717, 1.165) is 33.6 Å². The minimum Gasteiger partial charge on any atom is -0.486 e. The number of nitrogens with one attached hydrogen (secondary N) is 1. The standard InChI is InChI=1S/C17H12N4O2S/c24-17-18-12-4-2-1-3-11(12)16-19-15(20-21(16)17)10-5-6-13-14(9-10)23-8-7-22-13/h1-6,9H,7-8H2,(H,19,20). The van der Waals surface area contributed by atoms with Crippen LogP contribution in [0.1, 0.15) is 0 Å². The van der Waals surface area contributed by atoms with Gasteiger partial charge in [-0.3, -0.25) is 5.10 Å². The fourth-order valence-electron chi connectivity index (χ4n) is 2.89. The Balaban J connectivity index is 1.75. The Morgan fingerprint density at radius 3 is 2.75 bits per heavy atom. The number of H-pyrrole nitrogens is 1. The SMILES string of the molecule is S=c1nc2ccccc2c2nc(-c3ccc4c(c3)OCCO4)[nH]n12. The van der Waals surface area contributed by atoms with Crippen LogP contribution in [0.25, 0.3) is 27.9 Å². The molecule has 5 rings (SSSR count). The minimum absolute atomic E-state index is 0.444. The van der Waals surface area contributed by atoms with Gasteiger partial charge in [0, 0.05) is 10.9 Å². The lowest BCUT2D eigenvalue weighted by Crippen LogP contribution is -2.15. The van der Waals surface area contributed by atoms with Gasteiger partial charge in [-0.05, 0) is 42.5 Å². The molecule has 2 aromatic heterocycles. The number of fused-ring (bicyclic) bond motifs is 4. The van der Waals surface area contributed by atoms with Gasteiger partial charge in [-0.2, -0.15) is 0 Å². The van der Waals surface area contributed by atoms with Crippen LogP contribution in [0.3, 0.4) is 0 Å². The van der Waals surface area contributed by atoms with Crippen molar-refractivity contribution in [2.45, 2.75) is 0 Å². The molecule has 2 aromatic carbocycles. The average molecular weight is 336 g/mol. The summed E-state index contributed by atoms with van der Waals surface area (Å²) in [7, 11) is 0. The van der Waals surface area contributed by atoms with Crippen molar-refractivity contribution in [3.8, 4) is 22.9 Å². The summed E-state index contributed by atoms with van der Waals surface area (Å²) in [5.74, 6) is 2.19. The largest absolute Gasteiger partial charge is 0.486 e. The third kappa shape index (κ3) is 1.98. The van der Waals surface area contributed by atoms with Crippen LogP contribution in [0.2, 0.25) is 0 Å². The number of aromatic amines is 1. The molecule has 3 heterocycles. The zero-order valence-corrected chi connectivity index (χ0v) is 13.3. The van der Waals surface area contributed by atoms with Crippen LogP contribution in [0.15, 0.2) is 42.5 Å². The summed E-state index contributed by atoms with van der Waals surface area (Å²) in [5, 5.41) is 4.17. The molecule has 0 spiro atoms. The lowest BCUT2D eigenvalue weighted by molar-refractivity contribution is 0.171. The van der Waals surface area contributed by atoms with Crippen molar-refractivity contribution in [3.05, 3.63) is 47.2 Å². The van der Waals surface area contributed by atoms with Gasteiger partial charge < -0.3 is 9.47 Å². The van der Waals surface area contributed by atoms with E-state index >= 15 is 0 Å². The quantitative estimate of drug-likeness (QED) is 0.540. The van der Waals surface area contributed by atoms with E-state index in [1.54, 1.807) is 4.52 Å². The first-order valence-corrected chi connectivity index (χ1v) is 7.98. The molecule has 0 aliphatic carbocycles. The van der Waals surface area contributed by atoms with Crippen molar-refractivity contribution in [3.63, 3.8) is 0 Å². The van der Waals surface area contributed by atoms with Crippen LogP contribution in [0.5, 0.6) is 11.5 Å². The number of para-hydroxylation sites is 1. The Kier molecular flexibility index (Phi) is 2.83. The van der Waals surface area contributed by atoms with Crippen LogP contribution in [0, 0.1) is 4.77 Å². The topological polar surface area (TPSA) is 64.4 Å². The molecule has 6 nitrogen and oxygen atoms in total. The number of rotatable bonds is 1. The van der Waals surface area contributed by atoms with E-state index in [-0.39, 0.29) is 0 Å². The molecule has 1 aliphatic heterocycles. The van der Waals surface area contributed by atoms with Crippen LogP contribution in [-0.4, -0.2) is 32.8 Å². The van der Waals surface area contributed by atoms with Crippen LogP contribution in [0.4, 0.5) is 0 Å². The van der Waals surface area contributed by atoms with Gasteiger partial charge >= 0.3 is 0 Å². The second kappa shape index (κ2) is 5.04. The van der Waals surface area contributed by atoms with Gasteiger partial charge in [0.2, 0.25) is 4.77 Å². The van der Waals surface area contributed by atoms with Crippen molar-refractivity contribution >= 4 is 28.8 Å². The first kappa shape index (κ1) is 13.5. The predicted octanol–water partition coefficient (Wildman–Crippen LogP) is 3.38. The second-order valence-corrected chi connectivity index (χ2v) is 5.87. The van der Waals surface area contributed by atoms with Crippen molar-refractivity contribution in [1.29, 1.82) is 0 Å². The van der Waals surface area contributed by atoms with Crippen LogP contribution < -0.4 is 9.47 Å². The van der Waals surface area contributed by atoms with Crippen molar-refractivity contribution in [2.24, 2.45) is 0 Å². The highest BCUT2D eigenvalue weighted by Gasteiger charge is 2.15. The van der Waals surface area contributed by atoms with Crippen molar-refractivity contribution in [2.75, 3.05) is 13.2 Å². The van der Waals surface area contributed by atoms with E-state index in [9.17, 15) is 0 Å². The molecular formula is C17H12N4O2S. The molecule has 0 saturated carbocycles. The maximum Gasteiger partial charge on any atom is 0.221 e. The van der Waals surface area contributed by atoms with Gasteiger partial charge in [0.05, 0.1) is 5.52 Å². The molecule has 7 heteroatoms. The molecule has 4 aromatic rings. The van der Waals surface area contributed by atoms with Crippen LogP contribution in [-0.2, 0) is 0 Å². The van der Waals surface area contributed by atoms with Crippen LogP contribution >= 0.6 is 12.2 Å². The zero-order chi connectivity index (χ0) is 16.1. The number of ether oxygens (including phenoxy) is 2. The molecule has 0 radical (unpaired) electrons. The Morgan fingerprint density at radius 2 is 1.83 bits per heavy atom. The van der Waals surface area contributed by atoms with Gasteiger partial charge in [-0.15, -0.1) is 0 Å². The molecule has 118 valence electrons. The molecule has 1 aliphatic rings. The van der Waals surface area contributed by atoms with Gasteiger partial charge in [-0.1, -0.05) is 12.1 Å². The van der Waals surface area contributed by atoms with E-state index in [4.69, 9.17) is 26.7 Å². The Morgan fingerprint density at radius 1 is 1.00 bits per heavy atom. The number of hydrogen-bond acceptors (Lipinski definition) is 5. The van der Waals surface area contributed by atoms with Crippen molar-refractivity contribution < 1.29 is 9.47 Å². The minimum atomic E-state index is 0.444. The summed E-state index contributed by atoms with van der Waals surface area (Å²) in [6.45, 7) is 1.13. The number of aromatic nitrogens is 4. The fraction of sp³-hybridized carbons (Fsp3) is 0.118. The molecule has 0 atom stereocenters. The molecular weight excluding hydrogens is 324 g/mol. The molecule has 24 heavy (non-hydrogen) atoms. The summed E-state index contributed by atoms with van der Waals surface area (Å²) in [4.78, 5) is 9.17. The number of hydrogen-bond donors (Lipinski definition) is 1. The molecule has 0 amide bonds. The molecule has 0 saturated heterocycles. The Labute approximate surface area is 141 Å². The maximum atomic E-state index is 5.65. The monoisotopic (exact) mass is 336 g/mol. The molecule has 0 unspecified atom stereocenters. The predicted molar refractivity (Wildman–Crippen MR) is 92.1 cm³/mol. The Hall–Kier alpha value is -2.93. The van der Waals surface area contributed by atoms with Gasteiger partial charge in [-0.25, -0.2) is 14.5 Å². The van der Waals surface area contributed by atoms with E-state index in [2.05, 4.69) is 10.1 Å². The maximum absolute atomic E-state index is 5.65. The average Bonchev–Trinajstić information content (AvgIpc) is 3.08. The molecule has 0 fully saturated rings. The summed E-state index contributed by atoms with van der Waals surface area (Å²) >= 11 is 5.38. The Bertz CT molecular complexity index is 1150. The normalized spacial score (nSPS) is 13.5. The summed E-state index contributed by atoms with van der Waals surface area (Å²) in [6.07, 6.45) is 0. The fourth-order valence-corrected chi connectivity index (χ4v) is 3.12. The molecule has 1 N–H and O–H groups in total. The van der Waals surface area contributed by atoms with E-state index in [0.29, 0.717) is 23.8 Å². The third-order valence-electron chi connectivity index (χ3n) is 4.02. The van der Waals surface area contributed by atoms with E-state index in [1.807, 2.05) is 42.5 Å². The van der Waals surface area contributed by atoms with Gasteiger partial charge in [0.15, 0.2) is 23.0 Å². The zero-order valence-electron chi connectivity index (χ0n) is 12.5. The number of benzene rings is 2. The smallest absolute Gasteiger partial charge is 0.221 e. The summed E-state index contributed by atoms with van der Waals surface area (Å²) < 4.78 is 13.4. The third-order valence-corrected chi connectivity index (χ3v) is 4.29. The van der Waals surface area contributed by atoms with Gasteiger partial charge in [0.25, 0.3) is 0 Å². The van der Waals surface area contributed by atoms with Gasteiger partial charge in [0.1, 0.15) is 13.2 Å². The lowest BCUT2D eigenvalue weighted by Gasteiger charge is -2.18. The lowest BCUT2D eigenvalue weighted by atomic mass is 10.2. The second-order valence-electron chi connectivity index (χ2n) is 5.50.